The molecule has 4 heteroatoms. The minimum Gasteiger partial charge on any atom is -0.487 e. The summed E-state index contributed by atoms with van der Waals surface area (Å²) in [7, 11) is 1.85. The van der Waals surface area contributed by atoms with Crippen molar-refractivity contribution < 1.29 is 4.74 Å². The van der Waals surface area contributed by atoms with E-state index >= 15 is 0 Å². The quantitative estimate of drug-likeness (QED) is 0.937. The van der Waals surface area contributed by atoms with Gasteiger partial charge in [-0.1, -0.05) is 28.1 Å². The first-order valence-electron chi connectivity index (χ1n) is 5.30. The van der Waals surface area contributed by atoms with E-state index in [2.05, 4.69) is 26.2 Å². The number of hydrogen-bond donors (Lipinski definition) is 1. The molecule has 0 aliphatic rings. The van der Waals surface area contributed by atoms with Gasteiger partial charge in [-0.05, 0) is 30.3 Å². The Kier molecular flexibility index (Phi) is 3.98. The van der Waals surface area contributed by atoms with Gasteiger partial charge in [0.2, 0.25) is 0 Å². The highest BCUT2D eigenvalue weighted by Gasteiger charge is 1.99. The lowest BCUT2D eigenvalue weighted by atomic mass is 10.3. The van der Waals surface area contributed by atoms with Crippen molar-refractivity contribution in [3.63, 3.8) is 0 Å². The number of nitrogens with one attached hydrogen (secondary N) is 1. The van der Waals surface area contributed by atoms with Crippen LogP contribution >= 0.6 is 15.9 Å². The van der Waals surface area contributed by atoms with Gasteiger partial charge in [-0.3, -0.25) is 0 Å². The summed E-state index contributed by atoms with van der Waals surface area (Å²) in [5.74, 6) is 1.68. The number of rotatable bonds is 4. The zero-order valence-corrected chi connectivity index (χ0v) is 11.1. The monoisotopic (exact) mass is 292 g/mol. The molecule has 0 aliphatic heterocycles. The minimum absolute atomic E-state index is 0.464. The van der Waals surface area contributed by atoms with E-state index in [0.717, 1.165) is 21.7 Å². The summed E-state index contributed by atoms with van der Waals surface area (Å²) in [5, 5.41) is 3.00. The van der Waals surface area contributed by atoms with Crippen molar-refractivity contribution >= 4 is 21.7 Å². The molecule has 1 aromatic heterocycles. The zero-order chi connectivity index (χ0) is 12.1. The molecule has 0 fully saturated rings. The number of aromatic nitrogens is 1. The van der Waals surface area contributed by atoms with Gasteiger partial charge >= 0.3 is 0 Å². The summed E-state index contributed by atoms with van der Waals surface area (Å²) in [5.41, 5.74) is 0.900. The third-order valence-corrected chi connectivity index (χ3v) is 2.74. The van der Waals surface area contributed by atoms with E-state index in [4.69, 9.17) is 4.74 Å². The van der Waals surface area contributed by atoms with Crippen LogP contribution in [0.25, 0.3) is 0 Å². The van der Waals surface area contributed by atoms with Crippen LogP contribution in [0.3, 0.4) is 0 Å². The van der Waals surface area contributed by atoms with E-state index < -0.39 is 0 Å². The smallest absolute Gasteiger partial charge is 0.130 e. The summed E-state index contributed by atoms with van der Waals surface area (Å²) >= 11 is 3.41. The van der Waals surface area contributed by atoms with Gasteiger partial charge in [0.15, 0.2) is 0 Å². The molecule has 1 N–H and O–H groups in total. The Labute approximate surface area is 109 Å². The third-order valence-electron chi connectivity index (χ3n) is 2.25. The second kappa shape index (κ2) is 5.68. The van der Waals surface area contributed by atoms with Gasteiger partial charge in [-0.2, -0.15) is 0 Å². The fraction of sp³-hybridized carbons (Fsp3) is 0.154. The minimum atomic E-state index is 0.464. The lowest BCUT2D eigenvalue weighted by Crippen LogP contribution is -2.00. The Morgan fingerprint density at radius 1 is 1.24 bits per heavy atom. The van der Waals surface area contributed by atoms with Crippen LogP contribution in [0.5, 0.6) is 5.75 Å². The van der Waals surface area contributed by atoms with Crippen LogP contribution in [0.1, 0.15) is 5.69 Å². The molecular weight excluding hydrogens is 280 g/mol. The molecule has 0 amide bonds. The second-order valence-electron chi connectivity index (χ2n) is 3.51. The van der Waals surface area contributed by atoms with Gasteiger partial charge in [0.05, 0.1) is 5.69 Å². The van der Waals surface area contributed by atoms with Crippen LogP contribution in [0, 0.1) is 0 Å². The number of nitrogens with zero attached hydrogens (tertiary/aromatic N) is 1. The molecule has 0 unspecified atom stereocenters. The zero-order valence-electron chi connectivity index (χ0n) is 9.48. The maximum Gasteiger partial charge on any atom is 0.130 e. The maximum atomic E-state index is 5.65. The van der Waals surface area contributed by atoms with E-state index in [0.29, 0.717) is 6.61 Å². The predicted molar refractivity (Wildman–Crippen MR) is 72.3 cm³/mol. The molecule has 3 nitrogen and oxygen atoms in total. The Balaban J connectivity index is 2.02. The first-order chi connectivity index (χ1) is 8.28. The van der Waals surface area contributed by atoms with Crippen LogP contribution in [0.2, 0.25) is 0 Å². The number of hydrogen-bond acceptors (Lipinski definition) is 3. The van der Waals surface area contributed by atoms with Gasteiger partial charge in [0, 0.05) is 11.5 Å². The molecule has 88 valence electrons. The molecule has 0 spiro atoms. The van der Waals surface area contributed by atoms with Crippen LogP contribution in [-0.4, -0.2) is 12.0 Å². The average molecular weight is 293 g/mol. The molecule has 2 aromatic rings. The molecule has 17 heavy (non-hydrogen) atoms. The van der Waals surface area contributed by atoms with Gasteiger partial charge in [-0.25, -0.2) is 4.98 Å². The second-order valence-corrected chi connectivity index (χ2v) is 4.43. The Bertz CT molecular complexity index is 502. The lowest BCUT2D eigenvalue weighted by molar-refractivity contribution is 0.301. The highest BCUT2D eigenvalue weighted by atomic mass is 79.9. The SMILES string of the molecule is CNc1cccc(COc2cccc(Br)c2)n1. The van der Waals surface area contributed by atoms with E-state index in [-0.39, 0.29) is 0 Å². The number of halogens is 1. The van der Waals surface area contributed by atoms with E-state index in [9.17, 15) is 0 Å². The van der Waals surface area contributed by atoms with Crippen molar-refractivity contribution in [1.82, 2.24) is 4.98 Å². The van der Waals surface area contributed by atoms with E-state index in [1.165, 1.54) is 0 Å². The van der Waals surface area contributed by atoms with E-state index in [1.807, 2.05) is 49.5 Å². The molecule has 1 aromatic carbocycles. The highest BCUT2D eigenvalue weighted by Crippen LogP contribution is 2.18. The summed E-state index contributed by atoms with van der Waals surface area (Å²) in [6, 6.07) is 13.6. The maximum absolute atomic E-state index is 5.65. The Hall–Kier alpha value is -1.55. The molecule has 1 heterocycles. The Morgan fingerprint density at radius 3 is 2.82 bits per heavy atom. The number of ether oxygens (including phenoxy) is 1. The fourth-order valence-corrected chi connectivity index (χ4v) is 1.79. The highest BCUT2D eigenvalue weighted by molar-refractivity contribution is 9.10. The first kappa shape index (κ1) is 11.9. The van der Waals surface area contributed by atoms with E-state index in [1.54, 1.807) is 0 Å². The largest absolute Gasteiger partial charge is 0.487 e. The topological polar surface area (TPSA) is 34.1 Å². The number of anilines is 1. The lowest BCUT2D eigenvalue weighted by Gasteiger charge is -2.07. The first-order valence-corrected chi connectivity index (χ1v) is 6.09. The van der Waals surface area contributed by atoms with Gasteiger partial charge in [0.1, 0.15) is 18.2 Å². The normalized spacial score (nSPS) is 10.0. The number of pyridine rings is 1. The molecule has 0 aliphatic carbocycles. The van der Waals surface area contributed by atoms with Crippen LogP contribution in [0.4, 0.5) is 5.82 Å². The summed E-state index contributed by atoms with van der Waals surface area (Å²) in [4.78, 5) is 4.38. The summed E-state index contributed by atoms with van der Waals surface area (Å²) < 4.78 is 6.66. The molecule has 0 radical (unpaired) electrons. The summed E-state index contributed by atoms with van der Waals surface area (Å²) in [6.45, 7) is 0.464. The van der Waals surface area contributed by atoms with Crippen molar-refractivity contribution in [2.75, 3.05) is 12.4 Å². The van der Waals surface area contributed by atoms with Gasteiger partial charge < -0.3 is 10.1 Å². The van der Waals surface area contributed by atoms with Crippen LogP contribution < -0.4 is 10.1 Å². The fourth-order valence-electron chi connectivity index (χ4n) is 1.41. The predicted octanol–water partition coefficient (Wildman–Crippen LogP) is 3.46. The van der Waals surface area contributed by atoms with Crippen molar-refractivity contribution in [2.24, 2.45) is 0 Å². The standard InChI is InChI=1S/C13H13BrN2O/c1-15-13-7-3-5-11(16-13)9-17-12-6-2-4-10(14)8-12/h2-8H,9H2,1H3,(H,15,16). The Morgan fingerprint density at radius 2 is 2.06 bits per heavy atom. The van der Waals surface area contributed by atoms with Crippen molar-refractivity contribution in [2.45, 2.75) is 6.61 Å². The molecular formula is C13H13BrN2O. The average Bonchev–Trinajstić information content (AvgIpc) is 2.37. The number of benzene rings is 1. The molecule has 0 saturated carbocycles. The molecule has 0 bridgehead atoms. The van der Waals surface area contributed by atoms with Crippen molar-refractivity contribution in [3.8, 4) is 5.75 Å². The van der Waals surface area contributed by atoms with Gasteiger partial charge in [0.25, 0.3) is 0 Å². The van der Waals surface area contributed by atoms with Crippen molar-refractivity contribution in [1.29, 1.82) is 0 Å². The van der Waals surface area contributed by atoms with Crippen LogP contribution in [-0.2, 0) is 6.61 Å². The van der Waals surface area contributed by atoms with Crippen LogP contribution in [0.15, 0.2) is 46.9 Å². The molecule has 2 rings (SSSR count). The molecule has 0 atom stereocenters. The van der Waals surface area contributed by atoms with Crippen molar-refractivity contribution in [3.05, 3.63) is 52.6 Å². The third kappa shape index (κ3) is 3.46. The summed E-state index contributed by atoms with van der Waals surface area (Å²) in [6.07, 6.45) is 0. The molecule has 0 saturated heterocycles. The van der Waals surface area contributed by atoms with Gasteiger partial charge in [-0.15, -0.1) is 0 Å².